The number of methoxy groups -OCH3 is 1. The minimum absolute atomic E-state index is 0.0738. The number of amides is 1. The molecule has 3 N–H and O–H groups in total. The van der Waals surface area contributed by atoms with E-state index in [9.17, 15) is 23.4 Å². The van der Waals surface area contributed by atoms with Crippen molar-refractivity contribution in [3.05, 3.63) is 83.4 Å². The van der Waals surface area contributed by atoms with Gasteiger partial charge < -0.3 is 19.8 Å². The smallest absolute Gasteiger partial charge is 0.407 e. The average Bonchev–Trinajstić information content (AvgIpc) is 2.89. The minimum atomic E-state index is -4.00. The molecular formula is C30H38N2O6S. The Morgan fingerprint density at radius 1 is 1.00 bits per heavy atom. The van der Waals surface area contributed by atoms with Gasteiger partial charge in [0.1, 0.15) is 11.5 Å². The first-order valence-electron chi connectivity index (χ1n) is 13.0. The lowest BCUT2D eigenvalue weighted by Gasteiger charge is -2.24. The summed E-state index contributed by atoms with van der Waals surface area (Å²) in [6.07, 6.45) is 0.718. The fourth-order valence-corrected chi connectivity index (χ4v) is 5.77. The number of sulfonamides is 1. The van der Waals surface area contributed by atoms with E-state index >= 15 is 0 Å². The SMILES string of the molecule is COc1ccc(S(=O)(=O)Nc2cccc(C[C@@H](C)CN(Cc3ccccc3)C(=O)O)c2O)c(CCC(C)C)c1. The van der Waals surface area contributed by atoms with E-state index in [1.165, 1.54) is 24.1 Å². The van der Waals surface area contributed by atoms with Crippen molar-refractivity contribution in [1.82, 2.24) is 4.90 Å². The molecule has 3 aromatic carbocycles. The van der Waals surface area contributed by atoms with E-state index in [0.717, 1.165) is 12.0 Å². The van der Waals surface area contributed by atoms with Gasteiger partial charge in [0.2, 0.25) is 0 Å². The van der Waals surface area contributed by atoms with Crippen molar-refractivity contribution in [3.63, 3.8) is 0 Å². The topological polar surface area (TPSA) is 116 Å². The summed E-state index contributed by atoms with van der Waals surface area (Å²) in [5.74, 6) is 0.670. The first-order chi connectivity index (χ1) is 18.5. The number of rotatable bonds is 13. The van der Waals surface area contributed by atoms with Gasteiger partial charge in [-0.05, 0) is 72.1 Å². The van der Waals surface area contributed by atoms with Crippen LogP contribution in [0.5, 0.6) is 11.5 Å². The van der Waals surface area contributed by atoms with Gasteiger partial charge in [0.05, 0.1) is 17.7 Å². The van der Waals surface area contributed by atoms with Gasteiger partial charge in [-0.2, -0.15) is 0 Å². The second kappa shape index (κ2) is 13.4. The molecule has 0 saturated carbocycles. The highest BCUT2D eigenvalue weighted by Gasteiger charge is 2.23. The normalized spacial score (nSPS) is 12.2. The van der Waals surface area contributed by atoms with Crippen LogP contribution in [-0.4, -0.2) is 43.3 Å². The third kappa shape index (κ3) is 8.38. The highest BCUT2D eigenvalue weighted by atomic mass is 32.2. The Hall–Kier alpha value is -3.72. The number of ether oxygens (including phenoxy) is 1. The van der Waals surface area contributed by atoms with Gasteiger partial charge in [-0.1, -0.05) is 63.2 Å². The first-order valence-corrected chi connectivity index (χ1v) is 14.5. The van der Waals surface area contributed by atoms with Crippen molar-refractivity contribution < 1.29 is 28.2 Å². The molecule has 0 unspecified atom stereocenters. The Morgan fingerprint density at radius 3 is 2.36 bits per heavy atom. The predicted octanol–water partition coefficient (Wildman–Crippen LogP) is 6.15. The molecule has 3 aromatic rings. The fourth-order valence-electron chi connectivity index (χ4n) is 4.45. The Balaban J connectivity index is 1.78. The number of benzene rings is 3. The molecule has 0 aliphatic heterocycles. The lowest BCUT2D eigenvalue weighted by Crippen LogP contribution is -2.33. The molecule has 1 amide bonds. The van der Waals surface area contributed by atoms with E-state index in [1.54, 1.807) is 24.3 Å². The zero-order valence-corrected chi connectivity index (χ0v) is 23.7. The van der Waals surface area contributed by atoms with Gasteiger partial charge in [-0.3, -0.25) is 4.72 Å². The third-order valence-electron chi connectivity index (χ3n) is 6.50. The Labute approximate surface area is 231 Å². The Morgan fingerprint density at radius 2 is 1.72 bits per heavy atom. The molecule has 0 aliphatic rings. The van der Waals surface area contributed by atoms with Gasteiger partial charge in [0, 0.05) is 13.1 Å². The van der Waals surface area contributed by atoms with Crippen LogP contribution in [0.3, 0.4) is 0 Å². The second-order valence-electron chi connectivity index (χ2n) is 10.3. The van der Waals surface area contributed by atoms with Gasteiger partial charge in [-0.25, -0.2) is 13.2 Å². The fraction of sp³-hybridized carbons (Fsp3) is 0.367. The van der Waals surface area contributed by atoms with Gasteiger partial charge in [-0.15, -0.1) is 0 Å². The first kappa shape index (κ1) is 29.8. The molecule has 210 valence electrons. The molecule has 0 aliphatic carbocycles. The van der Waals surface area contributed by atoms with E-state index in [4.69, 9.17) is 4.74 Å². The van der Waals surface area contributed by atoms with Crippen LogP contribution in [0.2, 0.25) is 0 Å². The van der Waals surface area contributed by atoms with Gasteiger partial charge in [0.15, 0.2) is 0 Å². The molecule has 0 heterocycles. The maximum Gasteiger partial charge on any atom is 0.407 e. The molecule has 8 nitrogen and oxygen atoms in total. The van der Waals surface area contributed by atoms with Crippen molar-refractivity contribution in [1.29, 1.82) is 0 Å². The molecule has 9 heteroatoms. The lowest BCUT2D eigenvalue weighted by atomic mass is 9.99. The van der Waals surface area contributed by atoms with Crippen LogP contribution >= 0.6 is 0 Å². The quantitative estimate of drug-likeness (QED) is 0.218. The molecule has 0 spiro atoms. The number of para-hydroxylation sites is 1. The molecule has 0 fully saturated rings. The molecular weight excluding hydrogens is 516 g/mol. The summed E-state index contributed by atoms with van der Waals surface area (Å²) in [4.78, 5) is 13.3. The maximum atomic E-state index is 13.4. The number of aryl methyl sites for hydroxylation is 1. The van der Waals surface area contributed by atoms with Crippen LogP contribution in [-0.2, 0) is 29.4 Å². The minimum Gasteiger partial charge on any atom is -0.505 e. The molecule has 0 saturated heterocycles. The predicted molar refractivity (Wildman–Crippen MR) is 153 cm³/mol. The largest absolute Gasteiger partial charge is 0.505 e. The summed E-state index contributed by atoms with van der Waals surface area (Å²) in [5.41, 5.74) is 2.14. The van der Waals surface area contributed by atoms with Gasteiger partial charge in [0.25, 0.3) is 10.0 Å². The van der Waals surface area contributed by atoms with Crippen molar-refractivity contribution in [2.75, 3.05) is 18.4 Å². The molecule has 1 atom stereocenters. The van der Waals surface area contributed by atoms with Crippen LogP contribution in [0, 0.1) is 11.8 Å². The number of carboxylic acid groups (broad SMARTS) is 1. The van der Waals surface area contributed by atoms with Crippen LogP contribution in [0.4, 0.5) is 10.5 Å². The molecule has 0 bridgehead atoms. The van der Waals surface area contributed by atoms with E-state index in [0.29, 0.717) is 35.6 Å². The van der Waals surface area contributed by atoms with Crippen LogP contribution in [0.1, 0.15) is 43.9 Å². The maximum absolute atomic E-state index is 13.4. The number of nitrogens with one attached hydrogen (secondary N) is 1. The van der Waals surface area contributed by atoms with Crippen molar-refractivity contribution in [3.8, 4) is 11.5 Å². The number of nitrogens with zero attached hydrogens (tertiary/aromatic N) is 1. The zero-order valence-electron chi connectivity index (χ0n) is 22.9. The summed E-state index contributed by atoms with van der Waals surface area (Å²) >= 11 is 0. The van der Waals surface area contributed by atoms with E-state index < -0.39 is 16.1 Å². The summed E-state index contributed by atoms with van der Waals surface area (Å²) in [6.45, 7) is 6.57. The third-order valence-corrected chi connectivity index (χ3v) is 7.97. The van der Waals surface area contributed by atoms with Crippen LogP contribution in [0.15, 0.2) is 71.6 Å². The number of phenols is 1. The summed E-state index contributed by atoms with van der Waals surface area (Å²) in [6, 6.07) is 19.1. The number of carbonyl (C=O) groups is 1. The van der Waals surface area contributed by atoms with E-state index in [2.05, 4.69) is 18.6 Å². The number of phenolic OH excluding ortho intramolecular Hbond substituents is 1. The number of anilines is 1. The molecule has 0 aromatic heterocycles. The molecule has 39 heavy (non-hydrogen) atoms. The summed E-state index contributed by atoms with van der Waals surface area (Å²) in [7, 11) is -2.46. The number of hydrogen-bond acceptors (Lipinski definition) is 5. The molecule has 0 radical (unpaired) electrons. The summed E-state index contributed by atoms with van der Waals surface area (Å²) in [5, 5.41) is 20.7. The number of hydrogen-bond donors (Lipinski definition) is 3. The van der Waals surface area contributed by atoms with E-state index in [-0.39, 0.29) is 35.3 Å². The molecule has 3 rings (SSSR count). The van der Waals surface area contributed by atoms with Crippen molar-refractivity contribution in [2.45, 2.75) is 51.5 Å². The van der Waals surface area contributed by atoms with Crippen molar-refractivity contribution in [2.24, 2.45) is 11.8 Å². The summed E-state index contributed by atoms with van der Waals surface area (Å²) < 4.78 is 34.7. The van der Waals surface area contributed by atoms with Crippen molar-refractivity contribution >= 4 is 21.8 Å². The highest BCUT2D eigenvalue weighted by Crippen LogP contribution is 2.33. The van der Waals surface area contributed by atoms with Gasteiger partial charge >= 0.3 is 6.09 Å². The average molecular weight is 555 g/mol. The van der Waals surface area contributed by atoms with E-state index in [1.807, 2.05) is 37.3 Å². The lowest BCUT2D eigenvalue weighted by molar-refractivity contribution is 0.134. The zero-order chi connectivity index (χ0) is 28.6. The van der Waals surface area contributed by atoms with Crippen LogP contribution in [0.25, 0.3) is 0 Å². The monoisotopic (exact) mass is 554 g/mol. The number of aromatic hydroxyl groups is 1. The second-order valence-corrected chi connectivity index (χ2v) is 11.9. The Bertz CT molecular complexity index is 1360. The van der Waals surface area contributed by atoms with Crippen LogP contribution < -0.4 is 9.46 Å². The Kier molecular flexibility index (Phi) is 10.2. The standard InChI is InChI=1S/C30H38N2O6S/c1-21(2)13-14-24-18-26(38-4)15-16-28(24)39(36,37)31-27-12-8-11-25(29(27)33)17-22(3)19-32(30(34)35)20-23-9-6-5-7-10-23/h5-12,15-16,18,21-22,31,33H,13-14,17,19-20H2,1-4H3,(H,34,35)/t22-/m1/s1. The highest BCUT2D eigenvalue weighted by molar-refractivity contribution is 7.92.